The molecule has 0 unspecified atom stereocenters. The normalized spacial score (nSPS) is 12.7. The maximum Gasteiger partial charge on any atom is 0.273 e. The van der Waals surface area contributed by atoms with Gasteiger partial charge < -0.3 is 15.4 Å². The SMILES string of the molecule is O=C1COc2cc(NC(=O)c3cc(-c4ccccc4)n[nH]3)ccc2N1. The number of nitrogens with zero attached hydrogens (tertiary/aromatic N) is 1. The van der Waals surface area contributed by atoms with E-state index in [1.54, 1.807) is 24.3 Å². The molecule has 1 aliphatic rings. The predicted octanol–water partition coefficient (Wildman–Crippen LogP) is 2.66. The third-order valence-electron chi connectivity index (χ3n) is 3.76. The first-order chi connectivity index (χ1) is 12.2. The van der Waals surface area contributed by atoms with Gasteiger partial charge in [0.05, 0.1) is 11.4 Å². The Balaban J connectivity index is 1.51. The average molecular weight is 334 g/mol. The van der Waals surface area contributed by atoms with Crippen molar-refractivity contribution in [2.45, 2.75) is 0 Å². The zero-order valence-electron chi connectivity index (χ0n) is 13.1. The molecule has 2 amide bonds. The second-order valence-electron chi connectivity index (χ2n) is 5.53. The molecule has 0 saturated heterocycles. The van der Waals surface area contributed by atoms with Crippen molar-refractivity contribution in [2.75, 3.05) is 17.2 Å². The number of aromatic nitrogens is 2. The lowest BCUT2D eigenvalue weighted by atomic mass is 10.1. The largest absolute Gasteiger partial charge is 0.482 e. The quantitative estimate of drug-likeness (QED) is 0.686. The van der Waals surface area contributed by atoms with Crippen LogP contribution in [0.15, 0.2) is 54.6 Å². The number of nitrogens with one attached hydrogen (secondary N) is 3. The van der Waals surface area contributed by atoms with Crippen LogP contribution in [0.3, 0.4) is 0 Å². The van der Waals surface area contributed by atoms with Crippen LogP contribution in [-0.4, -0.2) is 28.6 Å². The van der Waals surface area contributed by atoms with E-state index in [4.69, 9.17) is 4.74 Å². The third-order valence-corrected chi connectivity index (χ3v) is 3.76. The number of carbonyl (C=O) groups is 2. The van der Waals surface area contributed by atoms with Crippen molar-refractivity contribution < 1.29 is 14.3 Å². The summed E-state index contributed by atoms with van der Waals surface area (Å²) in [6.07, 6.45) is 0. The van der Waals surface area contributed by atoms with Crippen LogP contribution < -0.4 is 15.4 Å². The summed E-state index contributed by atoms with van der Waals surface area (Å²) in [6, 6.07) is 16.3. The van der Waals surface area contributed by atoms with Gasteiger partial charge in [-0.2, -0.15) is 5.10 Å². The van der Waals surface area contributed by atoms with Gasteiger partial charge in [-0.1, -0.05) is 30.3 Å². The topological polar surface area (TPSA) is 96.1 Å². The molecule has 7 heteroatoms. The molecule has 0 atom stereocenters. The van der Waals surface area contributed by atoms with Crippen molar-refractivity contribution in [2.24, 2.45) is 0 Å². The van der Waals surface area contributed by atoms with Crippen LogP contribution in [0.25, 0.3) is 11.3 Å². The lowest BCUT2D eigenvalue weighted by Gasteiger charge is -2.18. The molecule has 25 heavy (non-hydrogen) atoms. The molecular weight excluding hydrogens is 320 g/mol. The molecule has 1 aromatic heterocycles. The molecule has 1 aliphatic heterocycles. The van der Waals surface area contributed by atoms with E-state index in [9.17, 15) is 9.59 Å². The third kappa shape index (κ3) is 3.07. The van der Waals surface area contributed by atoms with Crippen molar-refractivity contribution in [3.05, 3.63) is 60.3 Å². The van der Waals surface area contributed by atoms with Gasteiger partial charge in [-0.15, -0.1) is 0 Å². The number of hydrogen-bond acceptors (Lipinski definition) is 4. The van der Waals surface area contributed by atoms with Gasteiger partial charge in [-0.25, -0.2) is 0 Å². The molecule has 0 spiro atoms. The van der Waals surface area contributed by atoms with Crippen LogP contribution in [0.1, 0.15) is 10.5 Å². The number of rotatable bonds is 3. The van der Waals surface area contributed by atoms with Gasteiger partial charge in [0.15, 0.2) is 6.61 Å². The Kier molecular flexibility index (Phi) is 3.66. The second kappa shape index (κ2) is 6.12. The molecular formula is C18H14N4O3. The van der Waals surface area contributed by atoms with Crippen molar-refractivity contribution in [1.82, 2.24) is 10.2 Å². The van der Waals surface area contributed by atoms with Crippen LogP contribution in [0.5, 0.6) is 5.75 Å². The molecule has 0 bridgehead atoms. The molecule has 124 valence electrons. The van der Waals surface area contributed by atoms with Crippen molar-refractivity contribution in [3.63, 3.8) is 0 Å². The summed E-state index contributed by atoms with van der Waals surface area (Å²) in [5, 5.41) is 12.4. The molecule has 2 aromatic carbocycles. The van der Waals surface area contributed by atoms with E-state index >= 15 is 0 Å². The second-order valence-corrected chi connectivity index (χ2v) is 5.53. The van der Waals surface area contributed by atoms with E-state index in [1.807, 2.05) is 30.3 Å². The summed E-state index contributed by atoms with van der Waals surface area (Å²) in [5.74, 6) is 0.0108. The number of fused-ring (bicyclic) bond motifs is 1. The van der Waals surface area contributed by atoms with Crippen LogP contribution >= 0.6 is 0 Å². The molecule has 4 rings (SSSR count). The highest BCUT2D eigenvalue weighted by Crippen LogP contribution is 2.30. The highest BCUT2D eigenvalue weighted by molar-refractivity contribution is 6.04. The smallest absolute Gasteiger partial charge is 0.273 e. The monoisotopic (exact) mass is 334 g/mol. The van der Waals surface area contributed by atoms with Gasteiger partial charge in [0.25, 0.3) is 11.8 Å². The molecule has 0 fully saturated rings. The number of benzene rings is 2. The number of ether oxygens (including phenoxy) is 1. The van der Waals surface area contributed by atoms with E-state index in [-0.39, 0.29) is 18.4 Å². The maximum atomic E-state index is 12.4. The van der Waals surface area contributed by atoms with Crippen molar-refractivity contribution >= 4 is 23.2 Å². The van der Waals surface area contributed by atoms with Gasteiger partial charge in [0, 0.05) is 17.3 Å². The average Bonchev–Trinajstić information content (AvgIpc) is 3.13. The van der Waals surface area contributed by atoms with Crippen LogP contribution in [0.4, 0.5) is 11.4 Å². The van der Waals surface area contributed by atoms with Crippen molar-refractivity contribution in [1.29, 1.82) is 0 Å². The Labute approximate surface area is 143 Å². The minimum Gasteiger partial charge on any atom is -0.482 e. The first kappa shape index (κ1) is 14.9. The van der Waals surface area contributed by atoms with Crippen LogP contribution in [0.2, 0.25) is 0 Å². The number of H-pyrrole nitrogens is 1. The number of aromatic amines is 1. The fourth-order valence-corrected chi connectivity index (χ4v) is 2.55. The summed E-state index contributed by atoms with van der Waals surface area (Å²) in [6.45, 7) is -0.0363. The van der Waals surface area contributed by atoms with E-state index in [0.29, 0.717) is 28.5 Å². The maximum absolute atomic E-state index is 12.4. The summed E-state index contributed by atoms with van der Waals surface area (Å²) < 4.78 is 5.34. The molecule has 0 aliphatic carbocycles. The number of hydrogen-bond donors (Lipinski definition) is 3. The Bertz CT molecular complexity index is 950. The Hall–Kier alpha value is -3.61. The molecule has 0 radical (unpaired) electrons. The fourth-order valence-electron chi connectivity index (χ4n) is 2.55. The highest BCUT2D eigenvalue weighted by Gasteiger charge is 2.17. The summed E-state index contributed by atoms with van der Waals surface area (Å²) in [5.41, 5.74) is 3.13. The van der Waals surface area contributed by atoms with Crippen LogP contribution in [-0.2, 0) is 4.79 Å². The Morgan fingerprint density at radius 2 is 1.96 bits per heavy atom. The molecule has 0 saturated carbocycles. The Morgan fingerprint density at radius 3 is 2.80 bits per heavy atom. The minimum atomic E-state index is -0.311. The fraction of sp³-hybridized carbons (Fsp3) is 0.0556. The van der Waals surface area contributed by atoms with Gasteiger partial charge in [0.2, 0.25) is 0 Å². The summed E-state index contributed by atoms with van der Waals surface area (Å²) in [4.78, 5) is 23.7. The van der Waals surface area contributed by atoms with Crippen LogP contribution in [0, 0.1) is 0 Å². The molecule has 2 heterocycles. The van der Waals surface area contributed by atoms with E-state index < -0.39 is 0 Å². The van der Waals surface area contributed by atoms with E-state index in [0.717, 1.165) is 5.56 Å². The standard InChI is InChI=1S/C18H14N4O3/c23-17-10-25-16-8-12(6-7-13(16)20-17)19-18(24)15-9-14(21-22-15)11-4-2-1-3-5-11/h1-9H,10H2,(H,19,24)(H,20,23)(H,21,22). The number of carbonyl (C=O) groups excluding carboxylic acids is 2. The molecule has 3 aromatic rings. The highest BCUT2D eigenvalue weighted by atomic mass is 16.5. The first-order valence-electron chi connectivity index (χ1n) is 7.68. The number of amides is 2. The number of anilines is 2. The predicted molar refractivity (Wildman–Crippen MR) is 92.5 cm³/mol. The van der Waals surface area contributed by atoms with Crippen molar-refractivity contribution in [3.8, 4) is 17.0 Å². The van der Waals surface area contributed by atoms with Gasteiger partial charge in [-0.3, -0.25) is 14.7 Å². The van der Waals surface area contributed by atoms with Gasteiger partial charge >= 0.3 is 0 Å². The Morgan fingerprint density at radius 1 is 1.12 bits per heavy atom. The summed E-state index contributed by atoms with van der Waals surface area (Å²) in [7, 11) is 0. The van der Waals surface area contributed by atoms with Gasteiger partial charge in [-0.05, 0) is 18.2 Å². The lowest BCUT2D eigenvalue weighted by Crippen LogP contribution is -2.25. The zero-order valence-corrected chi connectivity index (χ0v) is 13.1. The van der Waals surface area contributed by atoms with E-state index in [1.165, 1.54) is 0 Å². The van der Waals surface area contributed by atoms with E-state index in [2.05, 4.69) is 20.8 Å². The lowest BCUT2D eigenvalue weighted by molar-refractivity contribution is -0.118. The van der Waals surface area contributed by atoms with Gasteiger partial charge in [0.1, 0.15) is 11.4 Å². The minimum absolute atomic E-state index is 0.0363. The molecule has 7 nitrogen and oxygen atoms in total. The molecule has 3 N–H and O–H groups in total. The summed E-state index contributed by atoms with van der Waals surface area (Å²) >= 11 is 0. The zero-order chi connectivity index (χ0) is 17.2. The first-order valence-corrected chi connectivity index (χ1v) is 7.68.